The van der Waals surface area contributed by atoms with Crippen LogP contribution in [-0.2, 0) is 6.42 Å². The van der Waals surface area contributed by atoms with Crippen LogP contribution < -0.4 is 9.47 Å². The average Bonchev–Trinajstić information content (AvgIpc) is 2.53. The zero-order valence-electron chi connectivity index (χ0n) is 12.1. The van der Waals surface area contributed by atoms with Gasteiger partial charge in [-0.15, -0.1) is 0 Å². The molecule has 2 aromatic carbocycles. The van der Waals surface area contributed by atoms with E-state index in [0.717, 1.165) is 16.5 Å². The zero-order chi connectivity index (χ0) is 15.2. The van der Waals surface area contributed by atoms with Crippen molar-refractivity contribution in [1.82, 2.24) is 0 Å². The summed E-state index contributed by atoms with van der Waals surface area (Å²) in [5.41, 5.74) is 1.77. The van der Waals surface area contributed by atoms with Crippen LogP contribution in [0.1, 0.15) is 22.3 Å². The molecule has 0 aliphatic rings. The Kier molecular flexibility index (Phi) is 5.39. The van der Waals surface area contributed by atoms with E-state index >= 15 is 0 Å². The van der Waals surface area contributed by atoms with Crippen molar-refractivity contribution in [3.63, 3.8) is 0 Å². The second-order valence-corrected chi connectivity index (χ2v) is 5.45. The van der Waals surface area contributed by atoms with Gasteiger partial charge in [-0.3, -0.25) is 4.79 Å². The molecule has 0 aromatic heterocycles. The van der Waals surface area contributed by atoms with Crippen LogP contribution in [0.4, 0.5) is 0 Å². The predicted molar refractivity (Wildman–Crippen MR) is 86.3 cm³/mol. The molecule has 0 aliphatic carbocycles. The SMILES string of the molecule is COc1cc(Br)c(C(=O)CCc2ccccc2)cc1OC. The summed E-state index contributed by atoms with van der Waals surface area (Å²) in [7, 11) is 3.13. The van der Waals surface area contributed by atoms with Crippen molar-refractivity contribution in [3.05, 3.63) is 58.1 Å². The van der Waals surface area contributed by atoms with Crippen molar-refractivity contribution >= 4 is 21.7 Å². The lowest BCUT2D eigenvalue weighted by molar-refractivity contribution is 0.0981. The third-order valence-corrected chi connectivity index (χ3v) is 3.91. The molecule has 0 radical (unpaired) electrons. The third-order valence-electron chi connectivity index (χ3n) is 3.26. The molecule has 0 saturated heterocycles. The minimum atomic E-state index is 0.0756. The quantitative estimate of drug-likeness (QED) is 0.730. The second kappa shape index (κ2) is 7.27. The Morgan fingerprint density at radius 1 is 1.05 bits per heavy atom. The molecule has 0 heterocycles. The summed E-state index contributed by atoms with van der Waals surface area (Å²) < 4.78 is 11.2. The minimum Gasteiger partial charge on any atom is -0.493 e. The molecular weight excluding hydrogens is 332 g/mol. The first-order valence-corrected chi connectivity index (χ1v) is 7.43. The highest BCUT2D eigenvalue weighted by molar-refractivity contribution is 9.10. The van der Waals surface area contributed by atoms with Crippen LogP contribution in [0, 0.1) is 0 Å². The van der Waals surface area contributed by atoms with E-state index in [-0.39, 0.29) is 5.78 Å². The topological polar surface area (TPSA) is 35.5 Å². The molecule has 0 atom stereocenters. The fourth-order valence-electron chi connectivity index (χ4n) is 2.11. The lowest BCUT2D eigenvalue weighted by Gasteiger charge is -2.11. The molecule has 0 spiro atoms. The largest absolute Gasteiger partial charge is 0.493 e. The molecule has 0 amide bonds. The van der Waals surface area contributed by atoms with Gasteiger partial charge in [0.2, 0.25) is 0 Å². The fourth-order valence-corrected chi connectivity index (χ4v) is 2.65. The van der Waals surface area contributed by atoms with E-state index in [4.69, 9.17) is 9.47 Å². The predicted octanol–water partition coefficient (Wildman–Crippen LogP) is 4.28. The maximum Gasteiger partial charge on any atom is 0.164 e. The number of carbonyl (C=O) groups is 1. The van der Waals surface area contributed by atoms with Crippen LogP contribution in [-0.4, -0.2) is 20.0 Å². The van der Waals surface area contributed by atoms with E-state index in [1.54, 1.807) is 26.4 Å². The molecule has 2 rings (SSSR count). The van der Waals surface area contributed by atoms with E-state index in [1.165, 1.54) is 0 Å². The third kappa shape index (κ3) is 3.85. The number of rotatable bonds is 6. The molecule has 3 nitrogen and oxygen atoms in total. The van der Waals surface area contributed by atoms with Gasteiger partial charge in [-0.25, -0.2) is 0 Å². The molecule has 0 aliphatic heterocycles. The number of hydrogen-bond acceptors (Lipinski definition) is 3. The van der Waals surface area contributed by atoms with Gasteiger partial charge in [0, 0.05) is 16.5 Å². The number of hydrogen-bond donors (Lipinski definition) is 0. The highest BCUT2D eigenvalue weighted by Gasteiger charge is 2.15. The van der Waals surface area contributed by atoms with Gasteiger partial charge in [0.1, 0.15) is 0 Å². The van der Waals surface area contributed by atoms with Crippen LogP contribution in [0.5, 0.6) is 11.5 Å². The summed E-state index contributed by atoms with van der Waals surface area (Å²) in [6, 6.07) is 13.5. The van der Waals surface area contributed by atoms with Crippen molar-refractivity contribution < 1.29 is 14.3 Å². The highest BCUT2D eigenvalue weighted by atomic mass is 79.9. The maximum absolute atomic E-state index is 12.4. The second-order valence-electron chi connectivity index (χ2n) is 4.60. The Bertz CT molecular complexity index is 623. The van der Waals surface area contributed by atoms with Crippen LogP contribution >= 0.6 is 15.9 Å². The monoisotopic (exact) mass is 348 g/mol. The van der Waals surface area contributed by atoms with Gasteiger partial charge in [0.15, 0.2) is 17.3 Å². The Morgan fingerprint density at radius 3 is 2.29 bits per heavy atom. The van der Waals surface area contributed by atoms with Gasteiger partial charge < -0.3 is 9.47 Å². The molecule has 0 saturated carbocycles. The number of ether oxygens (including phenoxy) is 2. The van der Waals surface area contributed by atoms with Gasteiger partial charge in [-0.1, -0.05) is 30.3 Å². The molecule has 0 N–H and O–H groups in total. The van der Waals surface area contributed by atoms with Crippen molar-refractivity contribution in [2.24, 2.45) is 0 Å². The van der Waals surface area contributed by atoms with Crippen molar-refractivity contribution in [2.45, 2.75) is 12.8 Å². The first kappa shape index (κ1) is 15.6. The number of halogens is 1. The summed E-state index contributed by atoms with van der Waals surface area (Å²) >= 11 is 3.42. The molecule has 0 fully saturated rings. The van der Waals surface area contributed by atoms with E-state index in [1.807, 2.05) is 30.3 Å². The zero-order valence-corrected chi connectivity index (χ0v) is 13.6. The van der Waals surface area contributed by atoms with Crippen LogP contribution in [0.25, 0.3) is 0 Å². The summed E-state index contributed by atoms with van der Waals surface area (Å²) in [4.78, 5) is 12.4. The van der Waals surface area contributed by atoms with E-state index in [9.17, 15) is 4.79 Å². The van der Waals surface area contributed by atoms with Crippen LogP contribution in [0.3, 0.4) is 0 Å². The number of Topliss-reactive ketones (excluding diaryl/α,β-unsaturated/α-hetero) is 1. The molecule has 2 aromatic rings. The Hall–Kier alpha value is -1.81. The van der Waals surface area contributed by atoms with Crippen LogP contribution in [0.15, 0.2) is 46.9 Å². The lowest BCUT2D eigenvalue weighted by atomic mass is 10.0. The Morgan fingerprint density at radius 2 is 1.67 bits per heavy atom. The molecule has 4 heteroatoms. The maximum atomic E-state index is 12.4. The van der Waals surface area contributed by atoms with Gasteiger partial charge in [0.25, 0.3) is 0 Å². The normalized spacial score (nSPS) is 10.2. The molecule has 0 bridgehead atoms. The number of benzene rings is 2. The molecular formula is C17H17BrO3. The number of aryl methyl sites for hydroxylation is 1. The number of methoxy groups -OCH3 is 2. The summed E-state index contributed by atoms with van der Waals surface area (Å²) in [5.74, 6) is 1.24. The Balaban J connectivity index is 2.15. The molecule has 110 valence electrons. The van der Waals surface area contributed by atoms with Gasteiger partial charge >= 0.3 is 0 Å². The first-order chi connectivity index (χ1) is 10.2. The Labute approximate surface area is 133 Å². The lowest BCUT2D eigenvalue weighted by Crippen LogP contribution is -2.04. The summed E-state index contributed by atoms with van der Waals surface area (Å²) in [6.45, 7) is 0. The van der Waals surface area contributed by atoms with Crippen molar-refractivity contribution in [2.75, 3.05) is 14.2 Å². The molecule has 21 heavy (non-hydrogen) atoms. The first-order valence-electron chi connectivity index (χ1n) is 6.64. The van der Waals surface area contributed by atoms with Crippen molar-refractivity contribution in [1.29, 1.82) is 0 Å². The molecule has 0 unspecified atom stereocenters. The summed E-state index contributed by atoms with van der Waals surface area (Å²) in [6.07, 6.45) is 1.18. The van der Waals surface area contributed by atoms with Crippen LogP contribution in [0.2, 0.25) is 0 Å². The van der Waals surface area contributed by atoms with Gasteiger partial charge in [0.05, 0.1) is 14.2 Å². The van der Waals surface area contributed by atoms with Gasteiger partial charge in [-0.05, 0) is 40.0 Å². The smallest absolute Gasteiger partial charge is 0.164 e. The fraction of sp³-hybridized carbons (Fsp3) is 0.235. The number of ketones is 1. The van der Waals surface area contributed by atoms with E-state index < -0.39 is 0 Å². The van der Waals surface area contributed by atoms with Crippen molar-refractivity contribution in [3.8, 4) is 11.5 Å². The minimum absolute atomic E-state index is 0.0756. The average molecular weight is 349 g/mol. The number of carbonyl (C=O) groups excluding carboxylic acids is 1. The van der Waals surface area contributed by atoms with E-state index in [2.05, 4.69) is 15.9 Å². The van der Waals surface area contributed by atoms with E-state index in [0.29, 0.717) is 23.5 Å². The standard InChI is InChI=1S/C17H17BrO3/c1-20-16-10-13(14(18)11-17(16)21-2)15(19)9-8-12-6-4-3-5-7-12/h3-7,10-11H,8-9H2,1-2H3. The highest BCUT2D eigenvalue weighted by Crippen LogP contribution is 2.33. The van der Waals surface area contributed by atoms with Gasteiger partial charge in [-0.2, -0.15) is 0 Å². The summed E-state index contributed by atoms with van der Waals surface area (Å²) in [5, 5.41) is 0.